The highest BCUT2D eigenvalue weighted by Gasteiger charge is 2.03. The van der Waals surface area contributed by atoms with Gasteiger partial charge in [0.15, 0.2) is 0 Å². The number of carbonyl (C=O) groups is 1. The molecule has 1 N–H and O–H groups in total. The van der Waals surface area contributed by atoms with Gasteiger partial charge < -0.3 is 5.32 Å². The predicted octanol–water partition coefficient (Wildman–Crippen LogP) is 3.04. The number of benzene rings is 1. The molecule has 0 atom stereocenters. The molecule has 1 aromatic rings. The van der Waals surface area contributed by atoms with E-state index in [4.69, 9.17) is 11.6 Å². The first-order chi connectivity index (χ1) is 7.58. The van der Waals surface area contributed by atoms with Gasteiger partial charge in [0.25, 0.3) is 0 Å². The molecule has 0 aliphatic rings. The largest absolute Gasteiger partial charge is 0.356 e. The van der Waals surface area contributed by atoms with Crippen molar-refractivity contribution in [2.24, 2.45) is 5.92 Å². The van der Waals surface area contributed by atoms with Gasteiger partial charge in [0, 0.05) is 18.0 Å². The monoisotopic (exact) mass is 239 g/mol. The third-order valence-corrected chi connectivity index (χ3v) is 2.45. The van der Waals surface area contributed by atoms with Crippen LogP contribution in [0.1, 0.15) is 25.8 Å². The SMILES string of the molecule is CC(C)CC(=O)NCCc1cccc(Cl)c1. The van der Waals surface area contributed by atoms with Crippen molar-refractivity contribution in [1.82, 2.24) is 5.32 Å². The van der Waals surface area contributed by atoms with Crippen molar-refractivity contribution < 1.29 is 4.79 Å². The van der Waals surface area contributed by atoms with Gasteiger partial charge in [0.1, 0.15) is 0 Å². The lowest BCUT2D eigenvalue weighted by atomic mass is 10.1. The van der Waals surface area contributed by atoms with E-state index in [9.17, 15) is 4.79 Å². The molecule has 0 fully saturated rings. The van der Waals surface area contributed by atoms with E-state index in [0.717, 1.165) is 17.0 Å². The molecule has 0 radical (unpaired) electrons. The van der Waals surface area contributed by atoms with E-state index in [1.807, 2.05) is 38.1 Å². The lowest BCUT2D eigenvalue weighted by Crippen LogP contribution is -2.26. The Morgan fingerprint density at radius 1 is 1.44 bits per heavy atom. The standard InChI is InChI=1S/C13H18ClNO/c1-10(2)8-13(16)15-7-6-11-4-3-5-12(14)9-11/h3-5,9-10H,6-8H2,1-2H3,(H,15,16). The summed E-state index contributed by atoms with van der Waals surface area (Å²) in [6.45, 7) is 4.75. The van der Waals surface area contributed by atoms with Crippen LogP contribution in [-0.4, -0.2) is 12.5 Å². The van der Waals surface area contributed by atoms with E-state index in [1.54, 1.807) is 0 Å². The molecular weight excluding hydrogens is 222 g/mol. The average molecular weight is 240 g/mol. The number of halogens is 1. The van der Waals surface area contributed by atoms with Crippen LogP contribution in [-0.2, 0) is 11.2 Å². The highest BCUT2D eigenvalue weighted by molar-refractivity contribution is 6.30. The molecule has 0 heterocycles. The van der Waals surface area contributed by atoms with Crippen LogP contribution in [0.15, 0.2) is 24.3 Å². The van der Waals surface area contributed by atoms with Gasteiger partial charge in [-0.1, -0.05) is 37.6 Å². The zero-order valence-electron chi connectivity index (χ0n) is 9.79. The number of amides is 1. The van der Waals surface area contributed by atoms with Crippen LogP contribution in [0.2, 0.25) is 5.02 Å². The zero-order valence-corrected chi connectivity index (χ0v) is 10.6. The minimum absolute atomic E-state index is 0.122. The molecule has 0 saturated heterocycles. The van der Waals surface area contributed by atoms with Crippen LogP contribution in [0.3, 0.4) is 0 Å². The van der Waals surface area contributed by atoms with Crippen LogP contribution >= 0.6 is 11.6 Å². The predicted molar refractivity (Wildman–Crippen MR) is 67.6 cm³/mol. The maximum atomic E-state index is 11.4. The summed E-state index contributed by atoms with van der Waals surface area (Å²) in [6.07, 6.45) is 1.42. The van der Waals surface area contributed by atoms with Crippen molar-refractivity contribution in [3.63, 3.8) is 0 Å². The number of hydrogen-bond acceptors (Lipinski definition) is 1. The molecule has 0 aliphatic carbocycles. The highest BCUT2D eigenvalue weighted by Crippen LogP contribution is 2.10. The number of nitrogens with one attached hydrogen (secondary N) is 1. The molecule has 0 unspecified atom stereocenters. The minimum atomic E-state index is 0.122. The van der Waals surface area contributed by atoms with Crippen molar-refractivity contribution in [3.05, 3.63) is 34.9 Å². The van der Waals surface area contributed by atoms with Gasteiger partial charge in [0.05, 0.1) is 0 Å². The Morgan fingerprint density at radius 3 is 2.81 bits per heavy atom. The van der Waals surface area contributed by atoms with E-state index in [0.29, 0.717) is 18.9 Å². The first-order valence-corrected chi connectivity index (χ1v) is 5.97. The van der Waals surface area contributed by atoms with Gasteiger partial charge in [0.2, 0.25) is 5.91 Å². The summed E-state index contributed by atoms with van der Waals surface area (Å²) in [5.41, 5.74) is 1.15. The van der Waals surface area contributed by atoms with Crippen LogP contribution in [0.4, 0.5) is 0 Å². The van der Waals surface area contributed by atoms with Crippen LogP contribution in [0.25, 0.3) is 0 Å². The minimum Gasteiger partial charge on any atom is -0.356 e. The second-order valence-electron chi connectivity index (χ2n) is 4.33. The van der Waals surface area contributed by atoms with Crippen LogP contribution < -0.4 is 5.32 Å². The van der Waals surface area contributed by atoms with E-state index in [2.05, 4.69) is 5.32 Å². The molecule has 0 spiro atoms. The fourth-order valence-corrected chi connectivity index (χ4v) is 1.69. The maximum Gasteiger partial charge on any atom is 0.220 e. The third-order valence-electron chi connectivity index (χ3n) is 2.22. The molecule has 0 aromatic heterocycles. The summed E-state index contributed by atoms with van der Waals surface area (Å²) >= 11 is 5.87. The fourth-order valence-electron chi connectivity index (χ4n) is 1.48. The van der Waals surface area contributed by atoms with Gasteiger partial charge in [-0.3, -0.25) is 4.79 Å². The molecule has 16 heavy (non-hydrogen) atoms. The van der Waals surface area contributed by atoms with E-state index >= 15 is 0 Å². The van der Waals surface area contributed by atoms with Gasteiger partial charge >= 0.3 is 0 Å². The lowest BCUT2D eigenvalue weighted by Gasteiger charge is -2.07. The maximum absolute atomic E-state index is 11.4. The average Bonchev–Trinajstić information content (AvgIpc) is 2.16. The van der Waals surface area contributed by atoms with Gasteiger partial charge in [-0.25, -0.2) is 0 Å². The topological polar surface area (TPSA) is 29.1 Å². The molecule has 0 bridgehead atoms. The van der Waals surface area contributed by atoms with Gasteiger partial charge in [-0.2, -0.15) is 0 Å². The molecule has 3 heteroatoms. The van der Waals surface area contributed by atoms with Crippen molar-refractivity contribution in [1.29, 1.82) is 0 Å². The quantitative estimate of drug-likeness (QED) is 0.841. The molecule has 0 aliphatic heterocycles. The van der Waals surface area contributed by atoms with Crippen molar-refractivity contribution >= 4 is 17.5 Å². The molecule has 88 valence electrons. The molecule has 0 saturated carbocycles. The summed E-state index contributed by atoms with van der Waals surface area (Å²) in [5.74, 6) is 0.531. The smallest absolute Gasteiger partial charge is 0.220 e. The van der Waals surface area contributed by atoms with E-state index < -0.39 is 0 Å². The molecular formula is C13H18ClNO. The summed E-state index contributed by atoms with van der Waals surface area (Å²) in [7, 11) is 0. The van der Waals surface area contributed by atoms with Gasteiger partial charge in [-0.05, 0) is 30.0 Å². The number of hydrogen-bond donors (Lipinski definition) is 1. The number of carbonyl (C=O) groups excluding carboxylic acids is 1. The molecule has 1 aromatic carbocycles. The second kappa shape index (κ2) is 6.54. The van der Waals surface area contributed by atoms with Gasteiger partial charge in [-0.15, -0.1) is 0 Å². The second-order valence-corrected chi connectivity index (χ2v) is 4.76. The lowest BCUT2D eigenvalue weighted by molar-refractivity contribution is -0.121. The number of rotatable bonds is 5. The summed E-state index contributed by atoms with van der Waals surface area (Å²) < 4.78 is 0. The summed E-state index contributed by atoms with van der Waals surface area (Å²) in [4.78, 5) is 11.4. The van der Waals surface area contributed by atoms with Crippen LogP contribution in [0, 0.1) is 5.92 Å². The Balaban J connectivity index is 2.28. The fraction of sp³-hybridized carbons (Fsp3) is 0.462. The molecule has 1 rings (SSSR count). The summed E-state index contributed by atoms with van der Waals surface area (Å²) in [5, 5.41) is 3.64. The Kier molecular flexibility index (Phi) is 5.33. The van der Waals surface area contributed by atoms with E-state index in [1.165, 1.54) is 0 Å². The first kappa shape index (κ1) is 13.0. The molecule has 2 nitrogen and oxygen atoms in total. The zero-order chi connectivity index (χ0) is 12.0. The van der Waals surface area contributed by atoms with Crippen molar-refractivity contribution in [2.45, 2.75) is 26.7 Å². The van der Waals surface area contributed by atoms with Crippen molar-refractivity contribution in [2.75, 3.05) is 6.54 Å². The third kappa shape index (κ3) is 5.17. The Bertz CT molecular complexity index is 350. The Morgan fingerprint density at radius 2 is 2.19 bits per heavy atom. The first-order valence-electron chi connectivity index (χ1n) is 5.59. The van der Waals surface area contributed by atoms with Crippen molar-refractivity contribution in [3.8, 4) is 0 Å². The highest BCUT2D eigenvalue weighted by atomic mass is 35.5. The Labute approximate surface area is 102 Å². The Hall–Kier alpha value is -1.02. The molecule has 1 amide bonds. The van der Waals surface area contributed by atoms with E-state index in [-0.39, 0.29) is 5.91 Å². The normalized spacial score (nSPS) is 10.5. The van der Waals surface area contributed by atoms with Crippen LogP contribution in [0.5, 0.6) is 0 Å². The summed E-state index contributed by atoms with van der Waals surface area (Å²) in [6, 6.07) is 7.71.